The molecular formula is C13H13F3N4O2S. The lowest BCUT2D eigenvalue weighted by Gasteiger charge is -2.14. The second kappa shape index (κ2) is 6.05. The maximum atomic E-state index is 13.0. The molecule has 23 heavy (non-hydrogen) atoms. The number of benzene rings is 1. The highest BCUT2D eigenvalue weighted by molar-refractivity contribution is 7.89. The van der Waals surface area contributed by atoms with Crippen LogP contribution in [0.4, 0.5) is 24.5 Å². The molecule has 0 saturated carbocycles. The van der Waals surface area contributed by atoms with Crippen LogP contribution in [0.2, 0.25) is 0 Å². The van der Waals surface area contributed by atoms with E-state index in [1.54, 1.807) is 6.07 Å². The number of alkyl halides is 3. The molecule has 0 aliphatic rings. The van der Waals surface area contributed by atoms with E-state index in [1.807, 2.05) is 0 Å². The third-order valence-electron chi connectivity index (χ3n) is 2.90. The van der Waals surface area contributed by atoms with Crippen LogP contribution in [0.15, 0.2) is 41.6 Å². The highest BCUT2D eigenvalue weighted by atomic mass is 32.2. The van der Waals surface area contributed by atoms with Gasteiger partial charge in [0.05, 0.1) is 16.1 Å². The molecule has 0 fully saturated rings. The van der Waals surface area contributed by atoms with Crippen LogP contribution in [0, 0.1) is 0 Å². The lowest BCUT2D eigenvalue weighted by atomic mass is 10.2. The standard InChI is InChI=1S/C13H13F3N4O2S/c14-13(15,16)11-4-10(1-2-12(11)23(18,21)22)20-6-8-3-9(17)7-19-5-8/h1-5,7,20H,6,17H2,(H2,18,21,22). The summed E-state index contributed by atoms with van der Waals surface area (Å²) in [6.45, 7) is 0.171. The molecule has 0 aliphatic carbocycles. The fourth-order valence-corrected chi connectivity index (χ4v) is 2.66. The van der Waals surface area contributed by atoms with E-state index in [0.717, 1.165) is 6.07 Å². The molecule has 2 rings (SSSR count). The largest absolute Gasteiger partial charge is 0.417 e. The SMILES string of the molecule is Nc1cncc(CNc2ccc(S(N)(=O)=O)c(C(F)(F)F)c2)c1. The van der Waals surface area contributed by atoms with Gasteiger partial charge in [-0.1, -0.05) is 0 Å². The summed E-state index contributed by atoms with van der Waals surface area (Å²) >= 11 is 0. The number of nitrogens with two attached hydrogens (primary N) is 2. The molecule has 5 N–H and O–H groups in total. The summed E-state index contributed by atoms with van der Waals surface area (Å²) < 4.78 is 61.5. The van der Waals surface area contributed by atoms with Gasteiger partial charge in [0, 0.05) is 24.6 Å². The number of anilines is 2. The molecule has 1 aromatic carbocycles. The molecule has 0 unspecified atom stereocenters. The summed E-state index contributed by atoms with van der Waals surface area (Å²) in [7, 11) is -4.48. The van der Waals surface area contributed by atoms with Crippen LogP contribution in [0.5, 0.6) is 0 Å². The predicted octanol–water partition coefficient (Wildman–Crippen LogP) is 1.94. The van der Waals surface area contributed by atoms with E-state index >= 15 is 0 Å². The zero-order valence-corrected chi connectivity index (χ0v) is 12.4. The van der Waals surface area contributed by atoms with Crippen molar-refractivity contribution in [1.29, 1.82) is 0 Å². The van der Waals surface area contributed by atoms with E-state index in [4.69, 9.17) is 10.9 Å². The van der Waals surface area contributed by atoms with E-state index in [1.165, 1.54) is 18.5 Å². The van der Waals surface area contributed by atoms with Crippen molar-refractivity contribution in [3.63, 3.8) is 0 Å². The molecule has 10 heteroatoms. The van der Waals surface area contributed by atoms with E-state index in [9.17, 15) is 21.6 Å². The molecule has 0 radical (unpaired) electrons. The normalized spacial score (nSPS) is 12.2. The Bertz CT molecular complexity index is 822. The second-order valence-corrected chi connectivity index (χ2v) is 6.26. The third-order valence-corrected chi connectivity index (χ3v) is 3.87. The monoisotopic (exact) mass is 346 g/mol. The van der Waals surface area contributed by atoms with Gasteiger partial charge in [-0.3, -0.25) is 4.98 Å². The van der Waals surface area contributed by atoms with E-state index in [0.29, 0.717) is 17.3 Å². The van der Waals surface area contributed by atoms with Crippen LogP contribution in [0.3, 0.4) is 0 Å². The number of nitrogens with zero attached hydrogens (tertiary/aromatic N) is 1. The summed E-state index contributed by atoms with van der Waals surface area (Å²) in [5.41, 5.74) is 5.41. The number of nitrogen functional groups attached to an aromatic ring is 1. The summed E-state index contributed by atoms with van der Waals surface area (Å²) in [4.78, 5) is 2.89. The van der Waals surface area contributed by atoms with Gasteiger partial charge >= 0.3 is 6.18 Å². The average Bonchev–Trinajstić information content (AvgIpc) is 2.43. The number of primary sulfonamides is 1. The first-order chi connectivity index (χ1) is 10.6. The molecule has 2 aromatic rings. The molecule has 6 nitrogen and oxygen atoms in total. The van der Waals surface area contributed by atoms with Gasteiger partial charge in [0.15, 0.2) is 0 Å². The molecule has 0 amide bonds. The van der Waals surface area contributed by atoms with Crippen molar-refractivity contribution in [1.82, 2.24) is 4.98 Å². The van der Waals surface area contributed by atoms with Crippen molar-refractivity contribution in [3.05, 3.63) is 47.8 Å². The molecule has 0 spiro atoms. The minimum absolute atomic E-state index is 0.0900. The molecule has 0 bridgehead atoms. The summed E-state index contributed by atoms with van der Waals surface area (Å²) in [5.74, 6) is 0. The smallest absolute Gasteiger partial charge is 0.397 e. The van der Waals surface area contributed by atoms with Crippen LogP contribution >= 0.6 is 0 Å². The quantitative estimate of drug-likeness (QED) is 0.783. The summed E-state index contributed by atoms with van der Waals surface area (Å²) in [5, 5.41) is 7.56. The number of halogens is 3. The van der Waals surface area contributed by atoms with E-state index < -0.39 is 26.7 Å². The topological polar surface area (TPSA) is 111 Å². The molecule has 0 aliphatic heterocycles. The second-order valence-electron chi connectivity index (χ2n) is 4.73. The third kappa shape index (κ3) is 4.33. The van der Waals surface area contributed by atoms with Gasteiger partial charge in [0.25, 0.3) is 0 Å². The maximum absolute atomic E-state index is 13.0. The Kier molecular flexibility index (Phi) is 4.48. The average molecular weight is 346 g/mol. The zero-order valence-electron chi connectivity index (χ0n) is 11.6. The van der Waals surface area contributed by atoms with Crippen molar-refractivity contribution >= 4 is 21.4 Å². The lowest BCUT2D eigenvalue weighted by molar-refractivity contribution is -0.139. The minimum atomic E-state index is -4.85. The fourth-order valence-electron chi connectivity index (χ4n) is 1.92. The maximum Gasteiger partial charge on any atom is 0.417 e. The Balaban J connectivity index is 2.31. The van der Waals surface area contributed by atoms with Gasteiger partial charge in [-0.2, -0.15) is 13.2 Å². The first-order valence-corrected chi connectivity index (χ1v) is 7.79. The fraction of sp³-hybridized carbons (Fsp3) is 0.154. The summed E-state index contributed by atoms with van der Waals surface area (Å²) in [6, 6.07) is 4.33. The van der Waals surface area contributed by atoms with Crippen molar-refractivity contribution < 1.29 is 21.6 Å². The number of hydrogen-bond donors (Lipinski definition) is 3. The number of hydrogen-bond acceptors (Lipinski definition) is 5. The van der Waals surface area contributed by atoms with Crippen molar-refractivity contribution in [2.75, 3.05) is 11.1 Å². The minimum Gasteiger partial charge on any atom is -0.397 e. The van der Waals surface area contributed by atoms with Gasteiger partial charge in [-0.15, -0.1) is 0 Å². The van der Waals surface area contributed by atoms with Crippen molar-refractivity contribution in [3.8, 4) is 0 Å². The van der Waals surface area contributed by atoms with E-state index in [2.05, 4.69) is 10.3 Å². The molecule has 1 heterocycles. The van der Waals surface area contributed by atoms with Crippen LogP contribution in [0.1, 0.15) is 11.1 Å². The first-order valence-electron chi connectivity index (χ1n) is 6.25. The van der Waals surface area contributed by atoms with Gasteiger partial charge in [-0.05, 0) is 29.8 Å². The van der Waals surface area contributed by atoms with Crippen molar-refractivity contribution in [2.24, 2.45) is 5.14 Å². The van der Waals surface area contributed by atoms with Crippen LogP contribution in [-0.4, -0.2) is 13.4 Å². The first kappa shape index (κ1) is 17.0. The number of pyridine rings is 1. The number of aromatic nitrogens is 1. The van der Waals surface area contributed by atoms with Gasteiger partial charge in [-0.25, -0.2) is 13.6 Å². The predicted molar refractivity (Wildman–Crippen MR) is 78.8 cm³/mol. The highest BCUT2D eigenvalue weighted by Crippen LogP contribution is 2.35. The van der Waals surface area contributed by atoms with Gasteiger partial charge in [0.1, 0.15) is 0 Å². The van der Waals surface area contributed by atoms with Crippen molar-refractivity contribution in [2.45, 2.75) is 17.6 Å². The van der Waals surface area contributed by atoms with E-state index in [-0.39, 0.29) is 12.2 Å². The highest BCUT2D eigenvalue weighted by Gasteiger charge is 2.36. The molecule has 0 saturated heterocycles. The lowest BCUT2D eigenvalue weighted by Crippen LogP contribution is -2.19. The number of sulfonamides is 1. The molecular weight excluding hydrogens is 333 g/mol. The van der Waals surface area contributed by atoms with Gasteiger partial charge in [0.2, 0.25) is 10.0 Å². The Labute approximate surface area is 130 Å². The number of nitrogens with one attached hydrogen (secondary N) is 1. The zero-order chi connectivity index (χ0) is 17.3. The Morgan fingerprint density at radius 1 is 1.17 bits per heavy atom. The summed E-state index contributed by atoms with van der Waals surface area (Å²) in [6.07, 6.45) is -1.91. The van der Waals surface area contributed by atoms with Crippen LogP contribution in [-0.2, 0) is 22.7 Å². The Morgan fingerprint density at radius 2 is 1.87 bits per heavy atom. The Morgan fingerprint density at radius 3 is 2.43 bits per heavy atom. The Hall–Kier alpha value is -2.33. The molecule has 0 atom stereocenters. The molecule has 124 valence electrons. The van der Waals surface area contributed by atoms with Crippen LogP contribution < -0.4 is 16.2 Å². The number of rotatable bonds is 4. The van der Waals surface area contributed by atoms with Crippen LogP contribution in [0.25, 0.3) is 0 Å². The molecule has 1 aromatic heterocycles. The van der Waals surface area contributed by atoms with Gasteiger partial charge < -0.3 is 11.1 Å².